The summed E-state index contributed by atoms with van der Waals surface area (Å²) in [6.07, 6.45) is -2.35. The third-order valence-corrected chi connectivity index (χ3v) is 6.97. The number of sulfonamides is 1. The summed E-state index contributed by atoms with van der Waals surface area (Å²) in [6.45, 7) is 5.02. The number of hydrogen-bond acceptors (Lipinski definition) is 8. The zero-order chi connectivity index (χ0) is 22.8. The Morgan fingerprint density at radius 1 is 1.29 bits per heavy atom. The minimum Gasteiger partial charge on any atom is -0.481 e. The first-order valence-corrected chi connectivity index (χ1v) is 11.1. The summed E-state index contributed by atoms with van der Waals surface area (Å²) in [7, 11) is -2.74. The fourth-order valence-corrected chi connectivity index (χ4v) is 5.35. The van der Waals surface area contributed by atoms with E-state index < -0.39 is 46.1 Å². The van der Waals surface area contributed by atoms with Crippen LogP contribution in [0.15, 0.2) is 29.2 Å². The van der Waals surface area contributed by atoms with Gasteiger partial charge in [0.1, 0.15) is 30.6 Å². The number of nitrogens with one attached hydrogen (secondary N) is 1. The van der Waals surface area contributed by atoms with Crippen LogP contribution in [0.5, 0.6) is 5.75 Å². The maximum Gasteiger partial charge on any atom is 0.264 e. The summed E-state index contributed by atoms with van der Waals surface area (Å²) in [6, 6.07) is 4.40. The van der Waals surface area contributed by atoms with Gasteiger partial charge in [-0.1, -0.05) is 5.92 Å². The number of carbonyl (C=O) groups is 1. The molecule has 10 nitrogen and oxygen atoms in total. The van der Waals surface area contributed by atoms with E-state index in [1.807, 2.05) is 0 Å². The minimum atomic E-state index is -4.16. The summed E-state index contributed by atoms with van der Waals surface area (Å²) in [5.41, 5.74) is 1.54. The van der Waals surface area contributed by atoms with Gasteiger partial charge in [-0.25, -0.2) is 13.9 Å². The first-order valence-electron chi connectivity index (χ1n) is 9.61. The van der Waals surface area contributed by atoms with Crippen LogP contribution < -0.4 is 10.2 Å². The van der Waals surface area contributed by atoms with Crippen LogP contribution in [0.4, 0.5) is 0 Å². The lowest BCUT2D eigenvalue weighted by Gasteiger charge is -2.42. The Bertz CT molecular complexity index is 967. The molecule has 1 aromatic carbocycles. The van der Waals surface area contributed by atoms with Gasteiger partial charge in [-0.3, -0.25) is 10.0 Å². The van der Waals surface area contributed by atoms with Gasteiger partial charge in [-0.15, -0.1) is 5.92 Å². The van der Waals surface area contributed by atoms with Crippen molar-refractivity contribution in [3.63, 3.8) is 0 Å². The maximum atomic E-state index is 13.5. The molecule has 0 spiro atoms. The van der Waals surface area contributed by atoms with Crippen LogP contribution >= 0.6 is 0 Å². The first kappa shape index (κ1) is 23.5. The molecule has 0 aromatic heterocycles. The summed E-state index contributed by atoms with van der Waals surface area (Å²) >= 11 is 0. The SMILES string of the molecule is CC#CCOc1ccc(S(=O)(=O)N2C[C@H](OC)C3OC(C)(C)OC3[C@@H]2C(=O)NO)cc1. The van der Waals surface area contributed by atoms with Gasteiger partial charge in [0.15, 0.2) is 5.79 Å². The average molecular weight is 455 g/mol. The van der Waals surface area contributed by atoms with Crippen LogP contribution in [0, 0.1) is 11.8 Å². The lowest BCUT2D eigenvalue weighted by Crippen LogP contribution is -2.66. The van der Waals surface area contributed by atoms with Gasteiger partial charge in [-0.05, 0) is 45.0 Å². The van der Waals surface area contributed by atoms with Crippen LogP contribution in [0.1, 0.15) is 20.8 Å². The first-order chi connectivity index (χ1) is 14.6. The van der Waals surface area contributed by atoms with Gasteiger partial charge in [0.05, 0.1) is 11.0 Å². The number of amides is 1. The van der Waals surface area contributed by atoms with E-state index in [-0.39, 0.29) is 18.0 Å². The largest absolute Gasteiger partial charge is 0.481 e. The third kappa shape index (κ3) is 4.69. The smallest absolute Gasteiger partial charge is 0.264 e. The van der Waals surface area contributed by atoms with Gasteiger partial charge in [0.2, 0.25) is 10.0 Å². The quantitative estimate of drug-likeness (QED) is 0.362. The molecular weight excluding hydrogens is 428 g/mol. The molecule has 2 N–H and O–H groups in total. The molecule has 0 aliphatic carbocycles. The van der Waals surface area contributed by atoms with Crippen molar-refractivity contribution in [1.29, 1.82) is 0 Å². The van der Waals surface area contributed by atoms with E-state index in [2.05, 4.69) is 11.8 Å². The number of piperidine rings is 1. The van der Waals surface area contributed by atoms with Crippen LogP contribution in [0.2, 0.25) is 0 Å². The number of benzene rings is 1. The maximum absolute atomic E-state index is 13.5. The predicted molar refractivity (Wildman–Crippen MR) is 108 cm³/mol. The molecule has 11 heteroatoms. The summed E-state index contributed by atoms with van der Waals surface area (Å²) < 4.78 is 50.4. The second-order valence-corrected chi connectivity index (χ2v) is 9.41. The fraction of sp³-hybridized carbons (Fsp3) is 0.550. The molecule has 1 aromatic rings. The Hall–Kier alpha value is -2.20. The van der Waals surface area contributed by atoms with Crippen molar-refractivity contribution in [2.75, 3.05) is 20.3 Å². The number of hydrogen-bond donors (Lipinski definition) is 2. The molecule has 31 heavy (non-hydrogen) atoms. The topological polar surface area (TPSA) is 124 Å². The Morgan fingerprint density at radius 3 is 2.52 bits per heavy atom. The van der Waals surface area contributed by atoms with Crippen molar-refractivity contribution < 1.29 is 37.4 Å². The average Bonchev–Trinajstić information content (AvgIpc) is 3.07. The molecule has 0 saturated carbocycles. The zero-order valence-corrected chi connectivity index (χ0v) is 18.5. The van der Waals surface area contributed by atoms with Crippen LogP contribution in [-0.2, 0) is 29.0 Å². The molecule has 2 fully saturated rings. The molecule has 2 aliphatic rings. The van der Waals surface area contributed by atoms with Crippen LogP contribution in [0.3, 0.4) is 0 Å². The number of methoxy groups -OCH3 is 1. The Morgan fingerprint density at radius 2 is 1.94 bits per heavy atom. The van der Waals surface area contributed by atoms with E-state index in [4.69, 9.17) is 18.9 Å². The molecule has 0 bridgehead atoms. The lowest BCUT2D eigenvalue weighted by atomic mass is 9.95. The molecule has 2 heterocycles. The molecule has 1 amide bonds. The highest BCUT2D eigenvalue weighted by atomic mass is 32.2. The highest BCUT2D eigenvalue weighted by Crippen LogP contribution is 2.39. The fourth-order valence-electron chi connectivity index (χ4n) is 3.74. The molecule has 3 rings (SSSR count). The van der Waals surface area contributed by atoms with Crippen molar-refractivity contribution >= 4 is 15.9 Å². The number of rotatable bonds is 6. The Balaban J connectivity index is 1.95. The van der Waals surface area contributed by atoms with Gasteiger partial charge in [-0.2, -0.15) is 4.31 Å². The van der Waals surface area contributed by atoms with E-state index in [1.54, 1.807) is 26.3 Å². The number of carbonyl (C=O) groups excluding carboxylic acids is 1. The van der Waals surface area contributed by atoms with Gasteiger partial charge in [0.25, 0.3) is 5.91 Å². The molecule has 2 aliphatic heterocycles. The summed E-state index contributed by atoms with van der Waals surface area (Å²) in [4.78, 5) is 12.5. The van der Waals surface area contributed by atoms with Crippen molar-refractivity contribution in [3.8, 4) is 17.6 Å². The predicted octanol–water partition coefficient (Wildman–Crippen LogP) is 0.502. The molecule has 170 valence electrons. The monoisotopic (exact) mass is 454 g/mol. The molecule has 2 unspecified atom stereocenters. The van der Waals surface area contributed by atoms with Gasteiger partial charge < -0.3 is 18.9 Å². The Kier molecular flexibility index (Phi) is 6.90. The van der Waals surface area contributed by atoms with Crippen molar-refractivity contribution in [2.45, 2.75) is 55.8 Å². The molecule has 0 radical (unpaired) electrons. The van der Waals surface area contributed by atoms with Gasteiger partial charge >= 0.3 is 0 Å². The van der Waals surface area contributed by atoms with Crippen LogP contribution in [0.25, 0.3) is 0 Å². The van der Waals surface area contributed by atoms with Crippen molar-refractivity contribution in [3.05, 3.63) is 24.3 Å². The number of hydroxylamine groups is 1. The standard InChI is InChI=1S/C20H26N2O8S/c1-5-6-11-28-13-7-9-14(10-8-13)31(25,26)22-12-15(27-4)17-18(16(22)19(23)21-24)30-20(2,3)29-17/h7-10,15-18,24H,11-12H2,1-4H3,(H,21,23)/t15-,16+,17?,18?/m0/s1. The zero-order valence-electron chi connectivity index (χ0n) is 17.7. The van der Waals surface area contributed by atoms with Crippen molar-refractivity contribution in [1.82, 2.24) is 9.79 Å². The summed E-state index contributed by atoms with van der Waals surface area (Å²) in [5.74, 6) is 3.93. The van der Waals surface area contributed by atoms with E-state index in [1.165, 1.54) is 31.4 Å². The van der Waals surface area contributed by atoms with E-state index in [9.17, 15) is 18.4 Å². The normalized spacial score (nSPS) is 27.6. The van der Waals surface area contributed by atoms with Crippen LogP contribution in [-0.4, -0.2) is 74.2 Å². The number of ether oxygens (including phenoxy) is 4. The molecule has 2 saturated heterocycles. The lowest BCUT2D eigenvalue weighted by molar-refractivity contribution is -0.156. The molecular formula is C20H26N2O8S. The van der Waals surface area contributed by atoms with Crippen molar-refractivity contribution in [2.24, 2.45) is 0 Å². The van der Waals surface area contributed by atoms with Gasteiger partial charge in [0, 0.05) is 13.7 Å². The second kappa shape index (κ2) is 9.12. The number of fused-ring (bicyclic) bond motifs is 1. The highest BCUT2D eigenvalue weighted by molar-refractivity contribution is 7.89. The third-order valence-electron chi connectivity index (χ3n) is 5.11. The summed E-state index contributed by atoms with van der Waals surface area (Å²) in [5, 5.41) is 9.28. The van der Waals surface area contributed by atoms with E-state index >= 15 is 0 Å². The Labute approximate surface area is 181 Å². The minimum absolute atomic E-state index is 0.0522. The van der Waals surface area contributed by atoms with E-state index in [0.717, 1.165) is 4.31 Å². The second-order valence-electron chi connectivity index (χ2n) is 7.52. The molecule has 4 atom stereocenters. The van der Waals surface area contributed by atoms with E-state index in [0.29, 0.717) is 5.75 Å². The number of nitrogens with zero attached hydrogens (tertiary/aromatic N) is 1. The highest BCUT2D eigenvalue weighted by Gasteiger charge is 2.58.